The largest absolute Gasteiger partial charge is 0.289 e. The molecule has 0 aromatic heterocycles. The third-order valence-electron chi connectivity index (χ3n) is 3.24. The molecule has 6 heteroatoms. The van der Waals surface area contributed by atoms with E-state index in [9.17, 15) is 17.6 Å². The van der Waals surface area contributed by atoms with Gasteiger partial charge in [-0.2, -0.15) is 0 Å². The number of carbonyl (C=O) groups is 1. The number of benzene rings is 2. The molecule has 2 aromatic rings. The lowest BCUT2D eigenvalue weighted by Gasteiger charge is -2.11. The van der Waals surface area contributed by atoms with Crippen LogP contribution < -0.4 is 0 Å². The zero-order chi connectivity index (χ0) is 17.0. The Balaban J connectivity index is 2.20. The fraction of sp³-hybridized carbons (Fsp3) is 0.118. The minimum absolute atomic E-state index is 0.108. The van der Waals surface area contributed by atoms with Crippen molar-refractivity contribution in [3.05, 3.63) is 71.6 Å². The molecule has 2 aromatic carbocycles. The molecule has 0 aliphatic carbocycles. The number of halogens is 1. The number of hydrogen-bond donors (Lipinski definition) is 0. The average molecular weight is 333 g/mol. The fourth-order valence-electron chi connectivity index (χ4n) is 1.87. The molecule has 0 amide bonds. The van der Waals surface area contributed by atoms with Gasteiger partial charge in [0.15, 0.2) is 5.78 Å². The molecule has 0 heterocycles. The van der Waals surface area contributed by atoms with Crippen LogP contribution in [0.4, 0.5) is 4.39 Å². The van der Waals surface area contributed by atoms with Gasteiger partial charge in [-0.1, -0.05) is 18.2 Å². The zero-order valence-corrected chi connectivity index (χ0v) is 13.5. The third-order valence-corrected chi connectivity index (χ3v) is 5.07. The first-order chi connectivity index (χ1) is 10.8. The summed E-state index contributed by atoms with van der Waals surface area (Å²) in [6, 6.07) is 11.7. The lowest BCUT2D eigenvalue weighted by molar-refractivity contribution is 0.104. The van der Waals surface area contributed by atoms with Crippen molar-refractivity contribution in [3.8, 4) is 0 Å². The molecule has 2 rings (SSSR count). The summed E-state index contributed by atoms with van der Waals surface area (Å²) < 4.78 is 38.5. The predicted octanol–water partition coefficient (Wildman–Crippen LogP) is 2.97. The average Bonchev–Trinajstić information content (AvgIpc) is 2.53. The van der Waals surface area contributed by atoms with Gasteiger partial charge in [0, 0.05) is 25.2 Å². The molecule has 0 atom stereocenters. The van der Waals surface area contributed by atoms with E-state index in [0.29, 0.717) is 11.1 Å². The summed E-state index contributed by atoms with van der Waals surface area (Å²) in [6.07, 6.45) is 2.65. The standard InChI is InChI=1S/C17H16FNO3S/c1-19(2)23(21,22)15-10-7-14(8-11-15)17(20)12-9-13-5-3-4-6-16(13)18/h3-12H,1-2H3. The SMILES string of the molecule is CN(C)S(=O)(=O)c1ccc(C(=O)C=Cc2ccccc2F)cc1. The number of sulfonamides is 1. The van der Waals surface area contributed by atoms with Gasteiger partial charge in [-0.3, -0.25) is 4.79 Å². The van der Waals surface area contributed by atoms with Gasteiger partial charge >= 0.3 is 0 Å². The molecule has 0 N–H and O–H groups in total. The minimum atomic E-state index is -3.53. The Kier molecular flexibility index (Phi) is 5.08. The highest BCUT2D eigenvalue weighted by atomic mass is 32.2. The monoisotopic (exact) mass is 333 g/mol. The maximum Gasteiger partial charge on any atom is 0.242 e. The van der Waals surface area contributed by atoms with Crippen molar-refractivity contribution in [2.75, 3.05) is 14.1 Å². The van der Waals surface area contributed by atoms with Crippen LogP contribution in [0.2, 0.25) is 0 Å². The third kappa shape index (κ3) is 3.91. The quantitative estimate of drug-likeness (QED) is 0.624. The van der Waals surface area contributed by atoms with Crippen molar-refractivity contribution in [3.63, 3.8) is 0 Å². The molecule has 23 heavy (non-hydrogen) atoms. The molecule has 0 spiro atoms. The summed E-state index contributed by atoms with van der Waals surface area (Å²) in [6.45, 7) is 0. The Bertz CT molecular complexity index is 840. The smallest absolute Gasteiger partial charge is 0.242 e. The van der Waals surface area contributed by atoms with Crippen LogP contribution in [0.25, 0.3) is 6.08 Å². The Hall–Kier alpha value is -2.31. The van der Waals surface area contributed by atoms with Crippen molar-refractivity contribution in [1.29, 1.82) is 0 Å². The van der Waals surface area contributed by atoms with Crippen LogP contribution in [0.5, 0.6) is 0 Å². The van der Waals surface area contributed by atoms with Crippen molar-refractivity contribution in [2.24, 2.45) is 0 Å². The maximum atomic E-state index is 13.5. The van der Waals surface area contributed by atoms with Crippen molar-refractivity contribution < 1.29 is 17.6 Å². The topological polar surface area (TPSA) is 54.5 Å². The van der Waals surface area contributed by atoms with Crippen LogP contribution in [0.3, 0.4) is 0 Å². The Labute approximate surface area is 134 Å². The van der Waals surface area contributed by atoms with Crippen LogP contribution in [0.1, 0.15) is 15.9 Å². The van der Waals surface area contributed by atoms with Gasteiger partial charge in [-0.15, -0.1) is 0 Å². The zero-order valence-electron chi connectivity index (χ0n) is 12.7. The molecule has 0 fully saturated rings. The molecule has 0 saturated carbocycles. The second-order valence-electron chi connectivity index (χ2n) is 5.03. The molecule has 0 bridgehead atoms. The molecule has 4 nitrogen and oxygen atoms in total. The van der Waals surface area contributed by atoms with Crippen molar-refractivity contribution >= 4 is 21.9 Å². The van der Waals surface area contributed by atoms with Gasteiger partial charge in [0.25, 0.3) is 0 Å². The second kappa shape index (κ2) is 6.85. The second-order valence-corrected chi connectivity index (χ2v) is 7.18. The van der Waals surface area contributed by atoms with Gasteiger partial charge in [0.2, 0.25) is 10.0 Å². The van der Waals surface area contributed by atoms with E-state index in [1.165, 1.54) is 56.6 Å². The van der Waals surface area contributed by atoms with Crippen LogP contribution >= 0.6 is 0 Å². The van der Waals surface area contributed by atoms with E-state index in [4.69, 9.17) is 0 Å². The minimum Gasteiger partial charge on any atom is -0.289 e. The van der Waals surface area contributed by atoms with Gasteiger partial charge in [0.05, 0.1) is 4.90 Å². The number of carbonyl (C=O) groups excluding carboxylic acids is 1. The van der Waals surface area contributed by atoms with E-state index in [1.54, 1.807) is 18.2 Å². The number of nitrogens with zero attached hydrogens (tertiary/aromatic N) is 1. The molecule has 0 aliphatic rings. The summed E-state index contributed by atoms with van der Waals surface area (Å²) in [5.41, 5.74) is 0.642. The van der Waals surface area contributed by atoms with Crippen LogP contribution in [0, 0.1) is 5.82 Å². The lowest BCUT2D eigenvalue weighted by atomic mass is 10.1. The normalized spacial score (nSPS) is 12.0. The number of ketones is 1. The van der Waals surface area contributed by atoms with E-state index in [0.717, 1.165) is 4.31 Å². The van der Waals surface area contributed by atoms with E-state index in [-0.39, 0.29) is 10.7 Å². The van der Waals surface area contributed by atoms with Gasteiger partial charge in [-0.05, 0) is 42.5 Å². The van der Waals surface area contributed by atoms with Gasteiger partial charge in [-0.25, -0.2) is 17.1 Å². The van der Waals surface area contributed by atoms with E-state index in [2.05, 4.69) is 0 Å². The predicted molar refractivity (Wildman–Crippen MR) is 87.1 cm³/mol. The highest BCUT2D eigenvalue weighted by Gasteiger charge is 2.17. The van der Waals surface area contributed by atoms with Crippen LogP contribution in [-0.4, -0.2) is 32.6 Å². The highest BCUT2D eigenvalue weighted by Crippen LogP contribution is 2.15. The van der Waals surface area contributed by atoms with E-state index < -0.39 is 15.8 Å². The van der Waals surface area contributed by atoms with E-state index in [1.807, 2.05) is 0 Å². The van der Waals surface area contributed by atoms with Gasteiger partial charge in [0.1, 0.15) is 5.82 Å². The summed E-state index contributed by atoms with van der Waals surface area (Å²) in [4.78, 5) is 12.2. The number of rotatable bonds is 5. The Morgan fingerprint density at radius 2 is 1.65 bits per heavy atom. The molecule has 120 valence electrons. The Morgan fingerprint density at radius 1 is 1.04 bits per heavy atom. The molecule has 0 aliphatic heterocycles. The number of allylic oxidation sites excluding steroid dienone is 1. The highest BCUT2D eigenvalue weighted by molar-refractivity contribution is 7.89. The summed E-state index contributed by atoms with van der Waals surface area (Å²) in [5.74, 6) is -0.744. The van der Waals surface area contributed by atoms with Crippen LogP contribution in [0.15, 0.2) is 59.5 Å². The first-order valence-corrected chi connectivity index (χ1v) is 8.26. The fourth-order valence-corrected chi connectivity index (χ4v) is 2.78. The summed E-state index contributed by atoms with van der Waals surface area (Å²) in [5, 5.41) is 0. The molecular formula is C17H16FNO3S. The first kappa shape index (κ1) is 17.1. The molecular weight excluding hydrogens is 317 g/mol. The van der Waals surface area contributed by atoms with Crippen molar-refractivity contribution in [1.82, 2.24) is 4.31 Å². The van der Waals surface area contributed by atoms with Crippen LogP contribution in [-0.2, 0) is 10.0 Å². The summed E-state index contributed by atoms with van der Waals surface area (Å²) >= 11 is 0. The maximum absolute atomic E-state index is 13.5. The molecule has 0 unspecified atom stereocenters. The molecule has 0 radical (unpaired) electrons. The molecule has 0 saturated heterocycles. The van der Waals surface area contributed by atoms with Gasteiger partial charge < -0.3 is 0 Å². The first-order valence-electron chi connectivity index (χ1n) is 6.82. The lowest BCUT2D eigenvalue weighted by Crippen LogP contribution is -2.22. The summed E-state index contributed by atoms with van der Waals surface area (Å²) in [7, 11) is -0.654. The Morgan fingerprint density at radius 3 is 2.22 bits per heavy atom. The van der Waals surface area contributed by atoms with E-state index >= 15 is 0 Å². The van der Waals surface area contributed by atoms with Crippen molar-refractivity contribution in [2.45, 2.75) is 4.90 Å². The number of hydrogen-bond acceptors (Lipinski definition) is 3.